The number of allylic oxidation sites excluding steroid dienone is 1. The van der Waals surface area contributed by atoms with Crippen molar-refractivity contribution in [3.8, 4) is 11.3 Å². The van der Waals surface area contributed by atoms with E-state index in [1.165, 1.54) is 42.0 Å². The number of rotatable bonds is 9. The molecule has 2 aromatic carbocycles. The highest BCUT2D eigenvalue weighted by atomic mass is 19.1. The van der Waals surface area contributed by atoms with Gasteiger partial charge in [-0.25, -0.2) is 18.7 Å². The Hall–Kier alpha value is -4.93. The zero-order valence-corrected chi connectivity index (χ0v) is 25.0. The van der Waals surface area contributed by atoms with Gasteiger partial charge in [-0.15, -0.1) is 0 Å². The van der Waals surface area contributed by atoms with Crippen LogP contribution >= 0.6 is 0 Å². The molecule has 9 nitrogen and oxygen atoms in total. The van der Waals surface area contributed by atoms with Crippen molar-refractivity contribution in [2.24, 2.45) is 13.0 Å². The molecule has 0 spiro atoms. The maximum atomic E-state index is 14.6. The smallest absolute Gasteiger partial charge is 0.270 e. The lowest BCUT2D eigenvalue weighted by Crippen LogP contribution is -2.49. The van der Waals surface area contributed by atoms with Gasteiger partial charge < -0.3 is 20.1 Å². The molecule has 11 heteroatoms. The largest absolute Gasteiger partial charge is 0.348 e. The molecule has 4 aromatic rings. The van der Waals surface area contributed by atoms with Gasteiger partial charge in [0, 0.05) is 24.4 Å². The summed E-state index contributed by atoms with van der Waals surface area (Å²) in [4.78, 5) is 49.0. The first-order chi connectivity index (χ1) is 21.7. The van der Waals surface area contributed by atoms with E-state index in [1.807, 2.05) is 36.7 Å². The third-order valence-corrected chi connectivity index (χ3v) is 8.35. The van der Waals surface area contributed by atoms with Crippen LogP contribution in [0, 0.1) is 11.7 Å². The lowest BCUT2D eigenvalue weighted by molar-refractivity contribution is -0.138. The van der Waals surface area contributed by atoms with Crippen molar-refractivity contribution in [2.75, 3.05) is 13.1 Å². The molecule has 6 rings (SSSR count). The third-order valence-electron chi connectivity index (χ3n) is 8.35. The summed E-state index contributed by atoms with van der Waals surface area (Å²) in [5.41, 5.74) is 4.21. The summed E-state index contributed by atoms with van der Waals surface area (Å²) >= 11 is 0. The van der Waals surface area contributed by atoms with Crippen LogP contribution in [0.5, 0.6) is 0 Å². The standard InChI is InChI=1S/C34H34F2N6O3/c1-20(27-14-24(31-16-37-19-41(31)2)8-7-22(27)6-5-21-3-4-21)39-34(45)30-15-26(36)18-42(30)32(43)17-38-33(44)29-11-9-23-13-25(35)10-12-28(23)40-29/h5-14,16,19-21,26,30H,3-4,15,17-18H2,1-2H3,(H,38,44)(H,39,45)/b6-5+/t20-,26+,30?/m0/s1. The molecule has 2 aliphatic rings. The second-order valence-electron chi connectivity index (χ2n) is 11.8. The molecule has 1 unspecified atom stereocenters. The van der Waals surface area contributed by atoms with Crippen LogP contribution in [0.15, 0.2) is 67.1 Å². The number of alkyl halides is 1. The number of aromatic nitrogens is 3. The SMILES string of the molecule is C[C@H](NC(=O)C1C[C@@H](F)CN1C(=O)CNC(=O)c1ccc2cc(F)ccc2n1)c1cc(-c2cncn2C)ccc1/C=C/C1CC1. The Labute approximate surface area is 259 Å². The van der Waals surface area contributed by atoms with E-state index in [2.05, 4.69) is 32.8 Å². The fourth-order valence-electron chi connectivity index (χ4n) is 5.69. The number of nitrogens with zero attached hydrogens (tertiary/aromatic N) is 4. The van der Waals surface area contributed by atoms with Gasteiger partial charge in [-0.1, -0.05) is 30.4 Å². The van der Waals surface area contributed by atoms with E-state index in [4.69, 9.17) is 0 Å². The van der Waals surface area contributed by atoms with Gasteiger partial charge in [0.1, 0.15) is 23.7 Å². The summed E-state index contributed by atoms with van der Waals surface area (Å²) in [6.45, 7) is 1.19. The molecule has 3 amide bonds. The minimum Gasteiger partial charge on any atom is -0.348 e. The number of hydrogen-bond donors (Lipinski definition) is 2. The van der Waals surface area contributed by atoms with Gasteiger partial charge in [-0.2, -0.15) is 0 Å². The molecule has 232 valence electrons. The highest BCUT2D eigenvalue weighted by molar-refractivity contribution is 5.97. The van der Waals surface area contributed by atoms with Crippen LogP contribution in [0.1, 0.15) is 53.8 Å². The Morgan fingerprint density at radius 1 is 1.11 bits per heavy atom. The van der Waals surface area contributed by atoms with Crippen molar-refractivity contribution in [1.82, 2.24) is 30.1 Å². The molecule has 45 heavy (non-hydrogen) atoms. The monoisotopic (exact) mass is 612 g/mol. The van der Waals surface area contributed by atoms with Gasteiger partial charge in [-0.05, 0) is 67.1 Å². The normalized spacial score (nSPS) is 18.8. The summed E-state index contributed by atoms with van der Waals surface area (Å²) in [7, 11) is 1.91. The van der Waals surface area contributed by atoms with Gasteiger partial charge in [0.15, 0.2) is 0 Å². The van der Waals surface area contributed by atoms with E-state index in [0.29, 0.717) is 16.8 Å². The fourth-order valence-corrected chi connectivity index (χ4v) is 5.69. The van der Waals surface area contributed by atoms with Crippen molar-refractivity contribution in [1.29, 1.82) is 0 Å². The number of amides is 3. The fraction of sp³-hybridized carbons (Fsp3) is 0.324. The molecule has 2 fully saturated rings. The first-order valence-electron chi connectivity index (χ1n) is 15.0. The maximum Gasteiger partial charge on any atom is 0.270 e. The number of hydrogen-bond acceptors (Lipinski definition) is 5. The van der Waals surface area contributed by atoms with Crippen molar-refractivity contribution in [2.45, 2.75) is 44.4 Å². The lowest BCUT2D eigenvalue weighted by Gasteiger charge is -2.26. The highest BCUT2D eigenvalue weighted by Crippen LogP contribution is 2.33. The Bertz CT molecular complexity index is 1800. The summed E-state index contributed by atoms with van der Waals surface area (Å²) in [6, 6.07) is 11.6. The molecule has 0 bridgehead atoms. The van der Waals surface area contributed by atoms with E-state index >= 15 is 0 Å². The predicted octanol–water partition coefficient (Wildman–Crippen LogP) is 4.74. The van der Waals surface area contributed by atoms with Gasteiger partial charge in [0.05, 0.1) is 42.9 Å². The zero-order valence-electron chi connectivity index (χ0n) is 25.0. The van der Waals surface area contributed by atoms with Crippen molar-refractivity contribution in [3.63, 3.8) is 0 Å². The number of halogens is 2. The number of fused-ring (bicyclic) bond motifs is 1. The predicted molar refractivity (Wildman–Crippen MR) is 166 cm³/mol. The first-order valence-corrected chi connectivity index (χ1v) is 15.0. The number of benzene rings is 2. The Morgan fingerprint density at radius 3 is 2.69 bits per heavy atom. The number of carbonyl (C=O) groups excluding carboxylic acids is 3. The van der Waals surface area contributed by atoms with Gasteiger partial charge >= 0.3 is 0 Å². The van der Waals surface area contributed by atoms with Crippen molar-refractivity contribution >= 4 is 34.7 Å². The first kappa shape index (κ1) is 30.1. The van der Waals surface area contributed by atoms with Gasteiger partial charge in [0.25, 0.3) is 5.91 Å². The molecular formula is C34H34F2N6O3. The van der Waals surface area contributed by atoms with Crippen LogP contribution in [0.4, 0.5) is 8.78 Å². The highest BCUT2D eigenvalue weighted by Gasteiger charge is 2.40. The minimum absolute atomic E-state index is 0.0507. The van der Waals surface area contributed by atoms with Crippen LogP contribution < -0.4 is 10.6 Å². The summed E-state index contributed by atoms with van der Waals surface area (Å²) < 4.78 is 30.0. The molecule has 3 atom stereocenters. The molecule has 1 aliphatic heterocycles. The lowest BCUT2D eigenvalue weighted by atomic mass is 9.96. The Balaban J connectivity index is 1.14. The average molecular weight is 613 g/mol. The maximum absolute atomic E-state index is 14.6. The average Bonchev–Trinajstić information content (AvgIpc) is 3.63. The second kappa shape index (κ2) is 12.6. The van der Waals surface area contributed by atoms with Crippen molar-refractivity contribution in [3.05, 3.63) is 89.8 Å². The van der Waals surface area contributed by atoms with Crippen LogP contribution in [0.3, 0.4) is 0 Å². The van der Waals surface area contributed by atoms with Crippen LogP contribution in [-0.4, -0.2) is 62.5 Å². The summed E-state index contributed by atoms with van der Waals surface area (Å²) in [5, 5.41) is 6.06. The molecule has 2 N–H and O–H groups in total. The van der Waals surface area contributed by atoms with Crippen molar-refractivity contribution < 1.29 is 23.2 Å². The molecule has 1 aliphatic carbocycles. The third kappa shape index (κ3) is 6.77. The second-order valence-corrected chi connectivity index (χ2v) is 11.8. The van der Waals surface area contributed by atoms with Gasteiger partial charge in [-0.3, -0.25) is 14.4 Å². The molecular weight excluding hydrogens is 578 g/mol. The number of nitrogens with one attached hydrogen (secondary N) is 2. The van der Waals surface area contributed by atoms with E-state index < -0.39 is 48.3 Å². The molecule has 1 saturated carbocycles. The molecule has 3 heterocycles. The zero-order chi connectivity index (χ0) is 31.7. The Kier molecular flexibility index (Phi) is 8.42. The number of carbonyl (C=O) groups is 3. The molecule has 2 aromatic heterocycles. The van der Waals surface area contributed by atoms with Crippen LogP contribution in [0.25, 0.3) is 28.2 Å². The topological polar surface area (TPSA) is 109 Å². The van der Waals surface area contributed by atoms with E-state index in [0.717, 1.165) is 22.4 Å². The van der Waals surface area contributed by atoms with E-state index in [9.17, 15) is 23.2 Å². The quantitative estimate of drug-likeness (QED) is 0.284. The molecule has 0 radical (unpaired) electrons. The summed E-state index contributed by atoms with van der Waals surface area (Å²) in [6.07, 6.45) is 8.60. The van der Waals surface area contributed by atoms with E-state index in [-0.39, 0.29) is 18.7 Å². The number of pyridine rings is 1. The van der Waals surface area contributed by atoms with Gasteiger partial charge in [0.2, 0.25) is 11.8 Å². The molecule has 1 saturated heterocycles. The van der Waals surface area contributed by atoms with E-state index in [1.54, 1.807) is 18.6 Å². The van der Waals surface area contributed by atoms with Crippen LogP contribution in [-0.2, 0) is 16.6 Å². The van der Waals surface area contributed by atoms with Crippen LogP contribution in [0.2, 0.25) is 0 Å². The minimum atomic E-state index is -1.37. The number of likely N-dealkylation sites (tertiary alicyclic amines) is 1. The number of imidazole rings is 1. The number of aryl methyl sites for hydroxylation is 1. The summed E-state index contributed by atoms with van der Waals surface area (Å²) in [5.74, 6) is -1.50. The Morgan fingerprint density at radius 2 is 1.93 bits per heavy atom.